The number of carbonyl (C=O) groups excluding carboxylic acids is 2. The molecule has 7 heteroatoms. The normalized spacial score (nSPS) is 35.0. The number of benzene rings is 1. The molecule has 2 unspecified atom stereocenters. The molecule has 4 fully saturated rings. The van der Waals surface area contributed by atoms with Crippen LogP contribution in [0.2, 0.25) is 5.02 Å². The van der Waals surface area contributed by atoms with E-state index in [0.717, 1.165) is 38.2 Å². The van der Waals surface area contributed by atoms with Gasteiger partial charge < -0.3 is 15.2 Å². The van der Waals surface area contributed by atoms with E-state index >= 15 is 0 Å². The molecule has 2 N–H and O–H groups in total. The van der Waals surface area contributed by atoms with Gasteiger partial charge in [0.25, 0.3) is 5.91 Å². The Morgan fingerprint density at radius 1 is 1.30 bits per heavy atom. The lowest BCUT2D eigenvalue weighted by molar-refractivity contribution is -0.199. The average Bonchev–Trinajstić information content (AvgIpc) is 2.55. The predicted molar refractivity (Wildman–Crippen MR) is 97.7 cm³/mol. The van der Waals surface area contributed by atoms with Gasteiger partial charge in [0, 0.05) is 5.69 Å². The van der Waals surface area contributed by atoms with Crippen LogP contribution < -0.4 is 5.32 Å². The maximum Gasteiger partial charge on any atom is 0.312 e. The molecule has 5 rings (SSSR count). The Morgan fingerprint density at radius 3 is 2.56 bits per heavy atom. The second-order valence-electron chi connectivity index (χ2n) is 8.63. The van der Waals surface area contributed by atoms with Gasteiger partial charge in [-0.2, -0.15) is 0 Å². The van der Waals surface area contributed by atoms with Gasteiger partial charge in [0.1, 0.15) is 5.82 Å². The number of anilines is 1. The molecule has 27 heavy (non-hydrogen) atoms. The minimum Gasteiger partial charge on any atom is -0.452 e. The molecule has 0 saturated heterocycles. The fraction of sp³-hybridized carbons (Fsp3) is 0.600. The summed E-state index contributed by atoms with van der Waals surface area (Å²) in [7, 11) is 0. The monoisotopic (exact) mass is 395 g/mol. The third-order valence-electron chi connectivity index (χ3n) is 6.30. The summed E-state index contributed by atoms with van der Waals surface area (Å²) in [6, 6.07) is 3.85. The van der Waals surface area contributed by atoms with Crippen LogP contribution in [-0.2, 0) is 14.3 Å². The fourth-order valence-corrected chi connectivity index (χ4v) is 5.79. The molecule has 146 valence electrons. The van der Waals surface area contributed by atoms with Gasteiger partial charge in [0.05, 0.1) is 16.0 Å². The van der Waals surface area contributed by atoms with E-state index in [1.54, 1.807) is 0 Å². The highest BCUT2D eigenvalue weighted by molar-refractivity contribution is 6.31. The van der Waals surface area contributed by atoms with Crippen molar-refractivity contribution < 1.29 is 23.8 Å². The molecule has 5 atom stereocenters. The van der Waals surface area contributed by atoms with Crippen LogP contribution in [-0.4, -0.2) is 28.7 Å². The van der Waals surface area contributed by atoms with Crippen molar-refractivity contribution in [1.29, 1.82) is 0 Å². The Bertz CT molecular complexity index is 784. The van der Waals surface area contributed by atoms with Crippen molar-refractivity contribution in [3.8, 4) is 0 Å². The van der Waals surface area contributed by atoms with Crippen LogP contribution in [0.15, 0.2) is 18.2 Å². The van der Waals surface area contributed by atoms with Crippen LogP contribution in [0.4, 0.5) is 10.1 Å². The van der Waals surface area contributed by atoms with Gasteiger partial charge in [-0.25, -0.2) is 4.39 Å². The van der Waals surface area contributed by atoms with E-state index in [2.05, 4.69) is 5.32 Å². The van der Waals surface area contributed by atoms with Crippen molar-refractivity contribution in [2.75, 3.05) is 5.32 Å². The largest absolute Gasteiger partial charge is 0.452 e. The Balaban J connectivity index is 1.42. The zero-order valence-electron chi connectivity index (χ0n) is 15.1. The molecule has 0 radical (unpaired) electrons. The SMILES string of the molecule is C[C@H](OC(=O)C12C[C@@H]3C[C@@H](CC(O)(C3)C1)C2)C(=O)Nc1ccc(F)c(Cl)c1. The number of hydrogen-bond acceptors (Lipinski definition) is 4. The quantitative estimate of drug-likeness (QED) is 0.762. The van der Waals surface area contributed by atoms with Crippen molar-refractivity contribution in [2.24, 2.45) is 17.3 Å². The van der Waals surface area contributed by atoms with E-state index < -0.39 is 34.8 Å². The van der Waals surface area contributed by atoms with Gasteiger partial charge in [0.2, 0.25) is 0 Å². The number of esters is 1. The summed E-state index contributed by atoms with van der Waals surface area (Å²) in [4.78, 5) is 25.3. The predicted octanol–water partition coefficient (Wildman–Crippen LogP) is 3.68. The van der Waals surface area contributed by atoms with Crippen LogP contribution in [0, 0.1) is 23.1 Å². The van der Waals surface area contributed by atoms with Crippen LogP contribution in [0.3, 0.4) is 0 Å². The zero-order valence-corrected chi connectivity index (χ0v) is 15.9. The van der Waals surface area contributed by atoms with E-state index in [1.165, 1.54) is 19.1 Å². The Morgan fingerprint density at radius 2 is 1.96 bits per heavy atom. The smallest absolute Gasteiger partial charge is 0.312 e. The molecule has 4 aliphatic carbocycles. The van der Waals surface area contributed by atoms with Crippen molar-refractivity contribution in [3.63, 3.8) is 0 Å². The van der Waals surface area contributed by atoms with Gasteiger partial charge in [-0.05, 0) is 75.5 Å². The van der Waals surface area contributed by atoms with Gasteiger partial charge in [-0.3, -0.25) is 9.59 Å². The molecule has 1 aromatic carbocycles. The molecule has 5 nitrogen and oxygen atoms in total. The van der Waals surface area contributed by atoms with E-state index in [4.69, 9.17) is 16.3 Å². The van der Waals surface area contributed by atoms with Crippen LogP contribution in [0.1, 0.15) is 45.4 Å². The Labute approximate surface area is 162 Å². The highest BCUT2D eigenvalue weighted by Gasteiger charge is 2.61. The highest BCUT2D eigenvalue weighted by Crippen LogP contribution is 2.62. The van der Waals surface area contributed by atoms with Gasteiger partial charge in [0.15, 0.2) is 6.10 Å². The molecular formula is C20H23ClFNO4. The van der Waals surface area contributed by atoms with Crippen LogP contribution in [0.25, 0.3) is 0 Å². The summed E-state index contributed by atoms with van der Waals surface area (Å²) < 4.78 is 18.7. The first kappa shape index (κ1) is 18.7. The number of hydrogen-bond donors (Lipinski definition) is 2. The highest BCUT2D eigenvalue weighted by atomic mass is 35.5. The number of rotatable bonds is 4. The molecule has 0 heterocycles. The molecule has 0 spiro atoms. The molecule has 0 aromatic heterocycles. The lowest BCUT2D eigenvalue weighted by Gasteiger charge is -2.58. The van der Waals surface area contributed by atoms with Crippen molar-refractivity contribution >= 4 is 29.2 Å². The molecule has 4 aliphatic rings. The third-order valence-corrected chi connectivity index (χ3v) is 6.59. The summed E-state index contributed by atoms with van der Waals surface area (Å²) in [5.41, 5.74) is -1.11. The van der Waals surface area contributed by atoms with Crippen LogP contribution in [0.5, 0.6) is 0 Å². The first-order valence-electron chi connectivity index (χ1n) is 9.37. The minimum atomic E-state index is -0.996. The van der Waals surface area contributed by atoms with Crippen LogP contribution >= 0.6 is 11.6 Å². The zero-order chi connectivity index (χ0) is 19.4. The second-order valence-corrected chi connectivity index (χ2v) is 9.04. The van der Waals surface area contributed by atoms with Gasteiger partial charge in [-0.1, -0.05) is 11.6 Å². The second kappa shape index (κ2) is 6.45. The Kier molecular flexibility index (Phi) is 4.47. The number of nitrogens with one attached hydrogen (secondary N) is 1. The molecule has 4 bridgehead atoms. The fourth-order valence-electron chi connectivity index (χ4n) is 5.61. The van der Waals surface area contributed by atoms with Gasteiger partial charge in [-0.15, -0.1) is 0 Å². The standard InChI is InChI=1S/C20H23ClFNO4/c1-11(17(24)23-14-2-3-16(22)15(21)5-14)27-18(25)19-6-12-4-13(7-19)9-20(26,8-12)10-19/h2-3,5,11-13,26H,4,6-10H2,1H3,(H,23,24)/t11-,12-,13+,19?,20?/m0/s1. The minimum absolute atomic E-state index is 0.0979. The number of carbonyl (C=O) groups is 2. The van der Waals surface area contributed by atoms with E-state index in [0.29, 0.717) is 23.9 Å². The summed E-state index contributed by atoms with van der Waals surface area (Å²) in [5, 5.41) is 13.3. The van der Waals surface area contributed by atoms with E-state index in [1.807, 2.05) is 0 Å². The Hall–Kier alpha value is -1.66. The lowest BCUT2D eigenvalue weighted by Crippen LogP contribution is -2.59. The number of halogens is 2. The van der Waals surface area contributed by atoms with Crippen molar-refractivity contribution in [1.82, 2.24) is 0 Å². The molecule has 4 saturated carbocycles. The van der Waals surface area contributed by atoms with E-state index in [9.17, 15) is 19.1 Å². The van der Waals surface area contributed by atoms with Gasteiger partial charge >= 0.3 is 5.97 Å². The molecular weight excluding hydrogens is 373 g/mol. The number of amides is 1. The lowest BCUT2D eigenvalue weighted by atomic mass is 9.48. The maximum atomic E-state index is 13.2. The van der Waals surface area contributed by atoms with Crippen molar-refractivity contribution in [2.45, 2.75) is 57.2 Å². The topological polar surface area (TPSA) is 75.6 Å². The number of ether oxygens (including phenoxy) is 1. The van der Waals surface area contributed by atoms with Crippen molar-refractivity contribution in [3.05, 3.63) is 29.0 Å². The maximum absolute atomic E-state index is 13.2. The summed E-state index contributed by atoms with van der Waals surface area (Å²) in [5.74, 6) is -0.762. The summed E-state index contributed by atoms with van der Waals surface area (Å²) in [6.45, 7) is 1.51. The first-order valence-corrected chi connectivity index (χ1v) is 9.75. The molecule has 0 aliphatic heterocycles. The first-order chi connectivity index (χ1) is 12.7. The van der Waals surface area contributed by atoms with E-state index in [-0.39, 0.29) is 5.02 Å². The molecule has 1 amide bonds. The average molecular weight is 396 g/mol. The molecule has 1 aromatic rings. The number of aliphatic hydroxyl groups is 1. The summed E-state index contributed by atoms with van der Waals surface area (Å²) >= 11 is 5.72. The summed E-state index contributed by atoms with van der Waals surface area (Å²) in [6.07, 6.45) is 3.48. The third kappa shape index (κ3) is 3.45.